The summed E-state index contributed by atoms with van der Waals surface area (Å²) in [5.41, 5.74) is 0.748. The first kappa shape index (κ1) is 16.8. The van der Waals surface area contributed by atoms with Gasteiger partial charge in [0.1, 0.15) is 0 Å². The maximum atomic E-state index is 11.7. The minimum atomic E-state index is -1.04. The second-order valence-electron chi connectivity index (χ2n) is 4.79. The highest BCUT2D eigenvalue weighted by Gasteiger charge is 2.04. The third-order valence-corrected chi connectivity index (χ3v) is 4.13. The fourth-order valence-electron chi connectivity index (χ4n) is 2.01. The molecule has 23 heavy (non-hydrogen) atoms. The number of nitrogens with one attached hydrogen (secondary N) is 1. The van der Waals surface area contributed by atoms with E-state index in [2.05, 4.69) is 12.2 Å². The van der Waals surface area contributed by atoms with Crippen molar-refractivity contribution in [3.63, 3.8) is 0 Å². The van der Waals surface area contributed by atoms with Gasteiger partial charge in [-0.05, 0) is 30.7 Å². The zero-order chi connectivity index (χ0) is 16.7. The number of rotatable bonds is 3. The number of hydrogen-bond donors (Lipinski definition) is 2. The van der Waals surface area contributed by atoms with Crippen LogP contribution >= 0.6 is 11.5 Å². The van der Waals surface area contributed by atoms with Gasteiger partial charge in [-0.25, -0.2) is 4.79 Å². The van der Waals surface area contributed by atoms with Gasteiger partial charge in [-0.1, -0.05) is 48.8 Å². The molecule has 3 rings (SSSR count). The average molecular weight is 330 g/mol. The molecule has 0 aliphatic rings. The number of aryl methyl sites for hydroxylation is 1. The van der Waals surface area contributed by atoms with E-state index in [1.165, 1.54) is 0 Å². The first-order valence-electron chi connectivity index (χ1n) is 7.25. The van der Waals surface area contributed by atoms with Crippen LogP contribution in [0.2, 0.25) is 0 Å². The molecule has 2 N–H and O–H groups in total. The maximum Gasteiger partial charge on any atom is 0.409 e. The number of nitrogens with zero attached hydrogens (tertiary/aromatic N) is 1. The number of benzene rings is 2. The van der Waals surface area contributed by atoms with Gasteiger partial charge >= 0.3 is 6.09 Å². The van der Waals surface area contributed by atoms with Crippen molar-refractivity contribution in [1.29, 1.82) is 0 Å². The lowest BCUT2D eigenvalue weighted by Gasteiger charge is -1.96. The van der Waals surface area contributed by atoms with Crippen LogP contribution in [0.25, 0.3) is 10.1 Å². The fraction of sp³-hybridized carbons (Fsp3) is 0.176. The lowest BCUT2D eigenvalue weighted by Crippen LogP contribution is -2.12. The van der Waals surface area contributed by atoms with Crippen LogP contribution in [0.5, 0.6) is 0 Å². The number of para-hydroxylation sites is 1. The first-order valence-corrected chi connectivity index (χ1v) is 8.03. The van der Waals surface area contributed by atoms with Gasteiger partial charge in [-0.2, -0.15) is 0 Å². The third-order valence-electron chi connectivity index (χ3n) is 3.00. The molecular formula is C17H18N2O3S. The third kappa shape index (κ3) is 4.69. The quantitative estimate of drug-likeness (QED) is 0.754. The van der Waals surface area contributed by atoms with E-state index in [1.807, 2.05) is 34.3 Å². The van der Waals surface area contributed by atoms with E-state index in [9.17, 15) is 9.59 Å². The molecule has 0 bridgehead atoms. The zero-order valence-electron chi connectivity index (χ0n) is 12.7. The van der Waals surface area contributed by atoms with Gasteiger partial charge in [0.05, 0.1) is 10.1 Å². The van der Waals surface area contributed by atoms with Crippen LogP contribution in [-0.2, 0) is 6.54 Å². The van der Waals surface area contributed by atoms with Crippen LogP contribution in [-0.4, -0.2) is 15.2 Å². The molecule has 6 heteroatoms. The molecule has 0 atom stereocenters. The van der Waals surface area contributed by atoms with Crippen LogP contribution in [0.4, 0.5) is 10.5 Å². The number of carbonyl (C=O) groups is 1. The predicted molar refractivity (Wildman–Crippen MR) is 94.5 cm³/mol. The molecule has 0 fully saturated rings. The molecule has 1 heterocycles. The zero-order valence-corrected chi connectivity index (χ0v) is 13.5. The summed E-state index contributed by atoms with van der Waals surface area (Å²) < 4.78 is 2.91. The van der Waals surface area contributed by atoms with E-state index in [-0.39, 0.29) is 5.56 Å². The van der Waals surface area contributed by atoms with Crippen molar-refractivity contribution >= 4 is 33.4 Å². The Morgan fingerprint density at radius 2 is 1.78 bits per heavy atom. The number of amides is 1. The molecule has 0 spiro atoms. The highest BCUT2D eigenvalue weighted by atomic mass is 32.1. The summed E-state index contributed by atoms with van der Waals surface area (Å²) in [5, 5.41) is 11.3. The summed E-state index contributed by atoms with van der Waals surface area (Å²) in [4.78, 5) is 21.7. The highest BCUT2D eigenvalue weighted by Crippen LogP contribution is 2.15. The smallest absolute Gasteiger partial charge is 0.409 e. The molecule has 120 valence electrons. The Morgan fingerprint density at radius 3 is 2.39 bits per heavy atom. The lowest BCUT2D eigenvalue weighted by atomic mass is 10.3. The molecule has 1 aromatic heterocycles. The number of carboxylic acid groups (broad SMARTS) is 1. The van der Waals surface area contributed by atoms with Crippen molar-refractivity contribution in [1.82, 2.24) is 3.96 Å². The normalized spacial score (nSPS) is 9.96. The number of fused-ring (bicyclic) bond motifs is 1. The standard InChI is InChI=1S/C10H11NOS.C7H7NO2/c1-2-7-11-10(12)8-5-3-4-6-9(8)13-11;9-7(10)8-6-4-2-1-3-5-6/h3-6H,2,7H2,1H3;1-5,8H,(H,9,10). The summed E-state index contributed by atoms with van der Waals surface area (Å²) in [7, 11) is 0. The minimum absolute atomic E-state index is 0.155. The van der Waals surface area contributed by atoms with Crippen LogP contribution in [0.15, 0.2) is 59.4 Å². The molecule has 0 radical (unpaired) electrons. The van der Waals surface area contributed by atoms with E-state index >= 15 is 0 Å². The van der Waals surface area contributed by atoms with Gasteiger partial charge in [0.25, 0.3) is 5.56 Å². The van der Waals surface area contributed by atoms with E-state index < -0.39 is 6.09 Å². The van der Waals surface area contributed by atoms with E-state index in [0.29, 0.717) is 5.69 Å². The summed E-state index contributed by atoms with van der Waals surface area (Å²) in [6, 6.07) is 16.5. The summed E-state index contributed by atoms with van der Waals surface area (Å²) in [6.45, 7) is 2.91. The molecule has 5 nitrogen and oxygen atoms in total. The van der Waals surface area contributed by atoms with Crippen LogP contribution < -0.4 is 10.9 Å². The van der Waals surface area contributed by atoms with Gasteiger partial charge in [-0.3, -0.25) is 14.1 Å². The largest absolute Gasteiger partial charge is 0.465 e. The molecular weight excluding hydrogens is 312 g/mol. The lowest BCUT2D eigenvalue weighted by molar-refractivity contribution is 0.210. The second-order valence-corrected chi connectivity index (χ2v) is 5.85. The van der Waals surface area contributed by atoms with Gasteiger partial charge in [0.15, 0.2) is 0 Å². The van der Waals surface area contributed by atoms with Crippen LogP contribution in [0.3, 0.4) is 0 Å². The van der Waals surface area contributed by atoms with E-state index in [1.54, 1.807) is 35.8 Å². The Hall–Kier alpha value is -2.60. The monoisotopic (exact) mass is 330 g/mol. The van der Waals surface area contributed by atoms with Crippen molar-refractivity contribution < 1.29 is 9.90 Å². The summed E-state index contributed by atoms with van der Waals surface area (Å²) in [5.74, 6) is 0. The molecule has 0 aliphatic heterocycles. The molecule has 0 saturated heterocycles. The Labute approximate surface area is 138 Å². The van der Waals surface area contributed by atoms with Crippen LogP contribution in [0.1, 0.15) is 13.3 Å². The topological polar surface area (TPSA) is 71.3 Å². The Kier molecular flexibility index (Phi) is 5.94. The molecule has 2 aromatic carbocycles. The first-order chi connectivity index (χ1) is 11.1. The van der Waals surface area contributed by atoms with E-state index in [4.69, 9.17) is 5.11 Å². The fourth-order valence-corrected chi connectivity index (χ4v) is 3.10. The average Bonchev–Trinajstić information content (AvgIpc) is 2.86. The Morgan fingerprint density at radius 1 is 1.13 bits per heavy atom. The SMILES string of the molecule is CCCn1sc2ccccc2c1=O.O=C(O)Nc1ccccc1. The van der Waals surface area contributed by atoms with Gasteiger partial charge < -0.3 is 5.11 Å². The minimum Gasteiger partial charge on any atom is -0.465 e. The van der Waals surface area contributed by atoms with Crippen molar-refractivity contribution in [2.45, 2.75) is 19.9 Å². The van der Waals surface area contributed by atoms with Gasteiger partial charge in [-0.15, -0.1) is 0 Å². The van der Waals surface area contributed by atoms with Crippen LogP contribution in [0, 0.1) is 0 Å². The maximum absolute atomic E-state index is 11.7. The molecule has 3 aromatic rings. The highest BCUT2D eigenvalue weighted by molar-refractivity contribution is 7.13. The number of aromatic nitrogens is 1. The summed E-state index contributed by atoms with van der Waals surface area (Å²) in [6.07, 6.45) is -0.0293. The van der Waals surface area contributed by atoms with E-state index in [0.717, 1.165) is 23.1 Å². The second kappa shape index (κ2) is 8.14. The molecule has 0 aliphatic carbocycles. The van der Waals surface area contributed by atoms with Crippen molar-refractivity contribution in [2.75, 3.05) is 5.32 Å². The molecule has 0 saturated carbocycles. The summed E-state index contributed by atoms with van der Waals surface area (Å²) >= 11 is 1.55. The van der Waals surface area contributed by atoms with Crippen molar-refractivity contribution in [3.8, 4) is 0 Å². The predicted octanol–water partition coefficient (Wildman–Crippen LogP) is 4.25. The van der Waals surface area contributed by atoms with Crippen molar-refractivity contribution in [2.24, 2.45) is 0 Å². The number of anilines is 1. The molecule has 1 amide bonds. The van der Waals surface area contributed by atoms with Gasteiger partial charge in [0.2, 0.25) is 0 Å². The Bertz CT molecular complexity index is 824. The van der Waals surface area contributed by atoms with Gasteiger partial charge in [0, 0.05) is 12.2 Å². The number of hydrogen-bond acceptors (Lipinski definition) is 3. The Balaban J connectivity index is 0.000000174. The van der Waals surface area contributed by atoms with Crippen molar-refractivity contribution in [3.05, 3.63) is 65.0 Å². The molecule has 0 unspecified atom stereocenters.